The van der Waals surface area contributed by atoms with Gasteiger partial charge in [0, 0.05) is 31.5 Å². The Hall–Kier alpha value is -3.00. The summed E-state index contributed by atoms with van der Waals surface area (Å²) in [6, 6.07) is 6.24. The first-order valence-electron chi connectivity index (χ1n) is 9.44. The molecule has 0 aliphatic carbocycles. The van der Waals surface area contributed by atoms with Gasteiger partial charge in [0.15, 0.2) is 0 Å². The molecule has 1 fully saturated rings. The van der Waals surface area contributed by atoms with Crippen molar-refractivity contribution < 1.29 is 9.53 Å². The maximum absolute atomic E-state index is 11.9. The zero-order valence-corrected chi connectivity index (χ0v) is 16.1. The zero-order valence-electron chi connectivity index (χ0n) is 16.1. The number of piperidine rings is 1. The van der Waals surface area contributed by atoms with Crippen LogP contribution in [0.5, 0.6) is 0 Å². The molecule has 1 aliphatic rings. The fourth-order valence-corrected chi connectivity index (χ4v) is 3.84. The van der Waals surface area contributed by atoms with Crippen LogP contribution in [0, 0.1) is 6.92 Å². The molecular weight excluding hydrogens is 356 g/mol. The molecule has 0 saturated carbocycles. The van der Waals surface area contributed by atoms with Crippen LogP contribution < -0.4 is 10.2 Å². The standard InChI is InChI=1S/C20H24N6O2/c1-13-5-6-16-15(8-13)20(22-12-21-16)26-7-3-4-14(10-26)19-17(9-23-25-19)24-18(27)11-28-2/h5-6,8-9,12,14H,3-4,7,10-11H2,1-2H3,(H,23,25)(H,24,27)/t14-/m1/s1. The molecule has 1 saturated heterocycles. The van der Waals surface area contributed by atoms with E-state index in [-0.39, 0.29) is 18.4 Å². The van der Waals surface area contributed by atoms with Crippen molar-refractivity contribution in [1.82, 2.24) is 20.2 Å². The number of hydrogen-bond donors (Lipinski definition) is 2. The first kappa shape index (κ1) is 18.4. The fraction of sp³-hybridized carbons (Fsp3) is 0.400. The Bertz CT molecular complexity index is 986. The molecule has 1 aliphatic heterocycles. The molecule has 2 aromatic heterocycles. The van der Waals surface area contributed by atoms with Gasteiger partial charge in [-0.1, -0.05) is 11.6 Å². The van der Waals surface area contributed by atoms with Gasteiger partial charge in [0.2, 0.25) is 5.91 Å². The Morgan fingerprint density at radius 3 is 3.14 bits per heavy atom. The fourth-order valence-electron chi connectivity index (χ4n) is 3.84. The molecule has 3 aromatic rings. The number of carbonyl (C=O) groups is 1. The SMILES string of the molecule is COCC(=O)Nc1cn[nH]c1[C@@H]1CCCN(c2ncnc3ccc(C)cc23)C1. The van der Waals surface area contributed by atoms with Crippen LogP contribution in [-0.4, -0.2) is 52.9 Å². The number of nitrogens with zero attached hydrogens (tertiary/aromatic N) is 4. The van der Waals surface area contributed by atoms with Gasteiger partial charge in [-0.05, 0) is 31.9 Å². The molecule has 1 amide bonds. The molecule has 28 heavy (non-hydrogen) atoms. The molecule has 0 unspecified atom stereocenters. The lowest BCUT2D eigenvalue weighted by Crippen LogP contribution is -2.35. The van der Waals surface area contributed by atoms with Gasteiger partial charge in [0.05, 0.1) is 23.1 Å². The maximum atomic E-state index is 11.9. The Morgan fingerprint density at radius 1 is 1.39 bits per heavy atom. The number of nitrogens with one attached hydrogen (secondary N) is 2. The third kappa shape index (κ3) is 3.68. The molecule has 146 valence electrons. The highest BCUT2D eigenvalue weighted by Crippen LogP contribution is 2.34. The number of benzene rings is 1. The van der Waals surface area contributed by atoms with Crippen molar-refractivity contribution in [3.63, 3.8) is 0 Å². The average Bonchev–Trinajstić information content (AvgIpc) is 3.16. The van der Waals surface area contributed by atoms with Gasteiger partial charge >= 0.3 is 0 Å². The highest BCUT2D eigenvalue weighted by molar-refractivity contribution is 5.92. The van der Waals surface area contributed by atoms with Crippen LogP contribution in [0.1, 0.15) is 30.0 Å². The summed E-state index contributed by atoms with van der Waals surface area (Å²) >= 11 is 0. The van der Waals surface area contributed by atoms with E-state index in [0.29, 0.717) is 0 Å². The van der Waals surface area contributed by atoms with E-state index in [1.807, 2.05) is 6.07 Å². The van der Waals surface area contributed by atoms with Crippen LogP contribution in [0.2, 0.25) is 0 Å². The van der Waals surface area contributed by atoms with E-state index < -0.39 is 0 Å². The molecule has 0 radical (unpaired) electrons. The van der Waals surface area contributed by atoms with Gasteiger partial charge in [0.1, 0.15) is 18.8 Å². The van der Waals surface area contributed by atoms with Crippen molar-refractivity contribution in [1.29, 1.82) is 0 Å². The Kier molecular flexibility index (Phi) is 5.21. The van der Waals surface area contributed by atoms with Gasteiger partial charge in [-0.3, -0.25) is 9.89 Å². The second kappa shape index (κ2) is 7.93. The van der Waals surface area contributed by atoms with Crippen LogP contribution in [0.25, 0.3) is 10.9 Å². The van der Waals surface area contributed by atoms with E-state index in [9.17, 15) is 4.79 Å². The Balaban J connectivity index is 1.59. The normalized spacial score (nSPS) is 17.1. The third-order valence-electron chi connectivity index (χ3n) is 5.12. The molecule has 2 N–H and O–H groups in total. The van der Waals surface area contributed by atoms with E-state index in [0.717, 1.165) is 54.0 Å². The van der Waals surface area contributed by atoms with Crippen molar-refractivity contribution in [2.75, 3.05) is 37.0 Å². The van der Waals surface area contributed by atoms with E-state index in [1.165, 1.54) is 12.7 Å². The van der Waals surface area contributed by atoms with Crippen molar-refractivity contribution in [2.45, 2.75) is 25.7 Å². The minimum Gasteiger partial charge on any atom is -0.375 e. The van der Waals surface area contributed by atoms with Gasteiger partial charge < -0.3 is 15.0 Å². The number of aryl methyl sites for hydroxylation is 1. The summed E-state index contributed by atoms with van der Waals surface area (Å²) in [5.41, 5.74) is 3.81. The molecule has 1 atom stereocenters. The van der Waals surface area contributed by atoms with Crippen molar-refractivity contribution in [3.8, 4) is 0 Å². The summed E-state index contributed by atoms with van der Waals surface area (Å²) in [6.07, 6.45) is 5.34. The van der Waals surface area contributed by atoms with Gasteiger partial charge in [-0.25, -0.2) is 9.97 Å². The molecule has 1 aromatic carbocycles. The Labute approximate surface area is 163 Å². The molecule has 8 heteroatoms. The summed E-state index contributed by atoms with van der Waals surface area (Å²) < 4.78 is 4.90. The second-order valence-electron chi connectivity index (χ2n) is 7.18. The van der Waals surface area contributed by atoms with Gasteiger partial charge in [-0.2, -0.15) is 5.10 Å². The summed E-state index contributed by atoms with van der Waals surface area (Å²) in [5, 5.41) is 11.2. The monoisotopic (exact) mass is 380 g/mol. The number of carbonyl (C=O) groups excluding carboxylic acids is 1. The van der Waals surface area contributed by atoms with Crippen LogP contribution in [0.4, 0.5) is 11.5 Å². The summed E-state index contributed by atoms with van der Waals surface area (Å²) in [6.45, 7) is 3.84. The molecular formula is C20H24N6O2. The first-order valence-corrected chi connectivity index (χ1v) is 9.44. The van der Waals surface area contributed by atoms with Gasteiger partial charge in [-0.15, -0.1) is 0 Å². The minimum absolute atomic E-state index is 0.0215. The number of fused-ring (bicyclic) bond motifs is 1. The van der Waals surface area contributed by atoms with Crippen LogP contribution in [0.3, 0.4) is 0 Å². The zero-order chi connectivity index (χ0) is 19.5. The minimum atomic E-state index is -0.185. The average molecular weight is 380 g/mol. The highest BCUT2D eigenvalue weighted by Gasteiger charge is 2.27. The first-order chi connectivity index (χ1) is 13.7. The molecule has 4 rings (SSSR count). The highest BCUT2D eigenvalue weighted by atomic mass is 16.5. The molecule has 3 heterocycles. The maximum Gasteiger partial charge on any atom is 0.250 e. The predicted molar refractivity (Wildman–Crippen MR) is 108 cm³/mol. The Morgan fingerprint density at radius 2 is 2.29 bits per heavy atom. The van der Waals surface area contributed by atoms with Gasteiger partial charge in [0.25, 0.3) is 0 Å². The summed E-state index contributed by atoms with van der Waals surface area (Å²) in [4.78, 5) is 23.2. The lowest BCUT2D eigenvalue weighted by Gasteiger charge is -2.34. The summed E-state index contributed by atoms with van der Waals surface area (Å²) in [7, 11) is 1.50. The third-order valence-corrected chi connectivity index (χ3v) is 5.12. The quantitative estimate of drug-likeness (QED) is 0.706. The van der Waals surface area contributed by atoms with Crippen LogP contribution in [0.15, 0.2) is 30.7 Å². The van der Waals surface area contributed by atoms with E-state index >= 15 is 0 Å². The number of aromatic amines is 1. The van der Waals surface area contributed by atoms with Crippen LogP contribution >= 0.6 is 0 Å². The summed E-state index contributed by atoms with van der Waals surface area (Å²) in [5.74, 6) is 1.00. The second-order valence-corrected chi connectivity index (χ2v) is 7.18. The number of hydrogen-bond acceptors (Lipinski definition) is 6. The predicted octanol–water partition coefficient (Wildman–Crippen LogP) is 2.63. The van der Waals surface area contributed by atoms with E-state index in [2.05, 4.69) is 49.4 Å². The number of amides is 1. The molecule has 0 bridgehead atoms. The van der Waals surface area contributed by atoms with Crippen LogP contribution in [-0.2, 0) is 9.53 Å². The number of rotatable bonds is 5. The van der Waals surface area contributed by atoms with Crippen molar-refractivity contribution in [2.24, 2.45) is 0 Å². The smallest absolute Gasteiger partial charge is 0.250 e. The lowest BCUT2D eigenvalue weighted by atomic mass is 9.93. The largest absolute Gasteiger partial charge is 0.375 e. The van der Waals surface area contributed by atoms with E-state index in [4.69, 9.17) is 4.74 Å². The van der Waals surface area contributed by atoms with Crippen molar-refractivity contribution in [3.05, 3.63) is 42.0 Å². The van der Waals surface area contributed by atoms with E-state index in [1.54, 1.807) is 12.5 Å². The topological polar surface area (TPSA) is 96.0 Å². The lowest BCUT2D eigenvalue weighted by molar-refractivity contribution is -0.119. The number of ether oxygens (including phenoxy) is 1. The molecule has 0 spiro atoms. The number of methoxy groups -OCH3 is 1. The molecule has 8 nitrogen and oxygen atoms in total. The van der Waals surface area contributed by atoms with Crippen molar-refractivity contribution >= 4 is 28.3 Å². The number of H-pyrrole nitrogens is 1. The number of aromatic nitrogens is 4. The number of anilines is 2.